The number of hydrogen-bond donors (Lipinski definition) is 1. The molecule has 0 bridgehead atoms. The molecule has 18 heavy (non-hydrogen) atoms. The maximum Gasteiger partial charge on any atom is 0.150 e. The molecule has 1 aromatic carbocycles. The number of hydrogen-bond acceptors (Lipinski definition) is 4. The largest absolute Gasteiger partial charge is 0.491 e. The van der Waals surface area contributed by atoms with Gasteiger partial charge in [-0.25, -0.2) is 0 Å². The van der Waals surface area contributed by atoms with Crippen LogP contribution in [-0.4, -0.2) is 37.3 Å². The number of aldehydes is 1. The van der Waals surface area contributed by atoms with Gasteiger partial charge in [0.1, 0.15) is 24.7 Å². The van der Waals surface area contributed by atoms with E-state index in [1.54, 1.807) is 24.3 Å². The van der Waals surface area contributed by atoms with Crippen molar-refractivity contribution < 1.29 is 19.4 Å². The molecule has 0 aliphatic heterocycles. The van der Waals surface area contributed by atoms with E-state index in [-0.39, 0.29) is 13.2 Å². The zero-order valence-corrected chi connectivity index (χ0v) is 10.7. The summed E-state index contributed by atoms with van der Waals surface area (Å²) in [7, 11) is 0. The van der Waals surface area contributed by atoms with Crippen molar-refractivity contribution in [3.05, 3.63) is 29.8 Å². The summed E-state index contributed by atoms with van der Waals surface area (Å²) >= 11 is 0. The van der Waals surface area contributed by atoms with Crippen LogP contribution >= 0.6 is 0 Å². The first-order valence-electron chi connectivity index (χ1n) is 6.20. The van der Waals surface area contributed by atoms with Crippen LogP contribution in [0.3, 0.4) is 0 Å². The SMILES string of the molecule is CCCCOCC(O)COc1ccc(C=O)cc1. The van der Waals surface area contributed by atoms with E-state index in [0.29, 0.717) is 17.9 Å². The highest BCUT2D eigenvalue weighted by molar-refractivity contribution is 5.74. The topological polar surface area (TPSA) is 55.8 Å². The fraction of sp³-hybridized carbons (Fsp3) is 0.500. The monoisotopic (exact) mass is 252 g/mol. The molecule has 0 fully saturated rings. The number of unbranched alkanes of at least 4 members (excludes halogenated alkanes) is 1. The van der Waals surface area contributed by atoms with Crippen LogP contribution in [0.25, 0.3) is 0 Å². The van der Waals surface area contributed by atoms with Gasteiger partial charge in [0.25, 0.3) is 0 Å². The van der Waals surface area contributed by atoms with E-state index in [9.17, 15) is 9.90 Å². The van der Waals surface area contributed by atoms with Crippen molar-refractivity contribution in [3.8, 4) is 5.75 Å². The number of benzene rings is 1. The predicted octanol–water partition coefficient (Wildman–Crippen LogP) is 2.06. The highest BCUT2D eigenvalue weighted by Crippen LogP contribution is 2.11. The Balaban J connectivity index is 2.20. The lowest BCUT2D eigenvalue weighted by atomic mass is 10.2. The predicted molar refractivity (Wildman–Crippen MR) is 69.1 cm³/mol. The average molecular weight is 252 g/mol. The van der Waals surface area contributed by atoms with Gasteiger partial charge in [0, 0.05) is 12.2 Å². The minimum Gasteiger partial charge on any atom is -0.491 e. The molecule has 1 unspecified atom stereocenters. The van der Waals surface area contributed by atoms with Gasteiger partial charge < -0.3 is 14.6 Å². The summed E-state index contributed by atoms with van der Waals surface area (Å²) in [5.74, 6) is 0.633. The number of rotatable bonds is 9. The van der Waals surface area contributed by atoms with Crippen molar-refractivity contribution >= 4 is 6.29 Å². The highest BCUT2D eigenvalue weighted by Gasteiger charge is 2.05. The van der Waals surface area contributed by atoms with E-state index in [2.05, 4.69) is 6.92 Å². The number of carbonyl (C=O) groups excluding carboxylic acids is 1. The van der Waals surface area contributed by atoms with Gasteiger partial charge in [-0.05, 0) is 30.7 Å². The summed E-state index contributed by atoms with van der Waals surface area (Å²) < 4.78 is 10.7. The highest BCUT2D eigenvalue weighted by atomic mass is 16.5. The summed E-state index contributed by atoms with van der Waals surface area (Å²) in [4.78, 5) is 10.5. The summed E-state index contributed by atoms with van der Waals surface area (Å²) in [6.45, 7) is 3.23. The fourth-order valence-corrected chi connectivity index (χ4v) is 1.35. The molecule has 0 heterocycles. The van der Waals surface area contributed by atoms with Gasteiger partial charge in [0.05, 0.1) is 6.61 Å². The Labute approximate surface area is 108 Å². The molecule has 4 heteroatoms. The molecule has 0 amide bonds. The van der Waals surface area contributed by atoms with Crippen molar-refractivity contribution in [2.24, 2.45) is 0 Å². The molecule has 1 atom stereocenters. The van der Waals surface area contributed by atoms with Gasteiger partial charge in [-0.2, -0.15) is 0 Å². The van der Waals surface area contributed by atoms with Crippen LogP contribution in [0.1, 0.15) is 30.1 Å². The lowest BCUT2D eigenvalue weighted by Crippen LogP contribution is -2.23. The molecular weight excluding hydrogens is 232 g/mol. The van der Waals surface area contributed by atoms with E-state index in [1.807, 2.05) is 0 Å². The molecule has 0 spiro atoms. The number of aliphatic hydroxyl groups is 1. The lowest BCUT2D eigenvalue weighted by molar-refractivity contribution is 0.0113. The quantitative estimate of drug-likeness (QED) is 0.540. The van der Waals surface area contributed by atoms with Gasteiger partial charge in [-0.1, -0.05) is 13.3 Å². The van der Waals surface area contributed by atoms with E-state index < -0.39 is 6.10 Å². The van der Waals surface area contributed by atoms with Gasteiger partial charge in [0.15, 0.2) is 0 Å². The van der Waals surface area contributed by atoms with Crippen LogP contribution in [0.2, 0.25) is 0 Å². The Morgan fingerprint density at radius 2 is 2.00 bits per heavy atom. The second-order valence-corrected chi connectivity index (χ2v) is 4.08. The molecule has 0 aliphatic rings. The molecule has 100 valence electrons. The Morgan fingerprint density at radius 1 is 1.28 bits per heavy atom. The van der Waals surface area contributed by atoms with Crippen molar-refractivity contribution in [1.82, 2.24) is 0 Å². The molecule has 4 nitrogen and oxygen atoms in total. The Bertz CT molecular complexity index is 334. The molecule has 0 aromatic heterocycles. The van der Waals surface area contributed by atoms with Crippen LogP contribution < -0.4 is 4.74 Å². The van der Waals surface area contributed by atoms with Crippen LogP contribution in [0.15, 0.2) is 24.3 Å². The van der Waals surface area contributed by atoms with Gasteiger partial charge in [-0.15, -0.1) is 0 Å². The molecule has 0 saturated heterocycles. The van der Waals surface area contributed by atoms with E-state index in [4.69, 9.17) is 9.47 Å². The minimum atomic E-state index is -0.632. The molecular formula is C14H20O4. The van der Waals surface area contributed by atoms with Crippen LogP contribution in [0.5, 0.6) is 5.75 Å². The van der Waals surface area contributed by atoms with Gasteiger partial charge >= 0.3 is 0 Å². The Kier molecular flexibility index (Phi) is 7.06. The molecule has 1 aromatic rings. The van der Waals surface area contributed by atoms with Gasteiger partial charge in [0.2, 0.25) is 0 Å². The van der Waals surface area contributed by atoms with Crippen molar-refractivity contribution in [2.45, 2.75) is 25.9 Å². The fourth-order valence-electron chi connectivity index (χ4n) is 1.35. The Hall–Kier alpha value is -1.39. The third-order valence-corrected chi connectivity index (χ3v) is 2.41. The zero-order valence-electron chi connectivity index (χ0n) is 10.7. The minimum absolute atomic E-state index is 0.187. The van der Waals surface area contributed by atoms with Crippen molar-refractivity contribution in [1.29, 1.82) is 0 Å². The standard InChI is InChI=1S/C14H20O4/c1-2-3-8-17-10-13(16)11-18-14-6-4-12(9-15)5-7-14/h4-7,9,13,16H,2-3,8,10-11H2,1H3. The van der Waals surface area contributed by atoms with E-state index in [0.717, 1.165) is 19.1 Å². The maximum atomic E-state index is 10.5. The summed E-state index contributed by atoms with van der Waals surface area (Å²) in [6, 6.07) is 6.75. The molecule has 0 aliphatic carbocycles. The number of ether oxygens (including phenoxy) is 2. The van der Waals surface area contributed by atoms with Crippen LogP contribution in [0.4, 0.5) is 0 Å². The normalized spacial score (nSPS) is 12.1. The van der Waals surface area contributed by atoms with E-state index >= 15 is 0 Å². The Morgan fingerprint density at radius 3 is 2.61 bits per heavy atom. The average Bonchev–Trinajstić information content (AvgIpc) is 2.42. The zero-order chi connectivity index (χ0) is 13.2. The van der Waals surface area contributed by atoms with Crippen molar-refractivity contribution in [2.75, 3.05) is 19.8 Å². The summed E-state index contributed by atoms with van der Waals surface area (Å²) in [5, 5.41) is 9.60. The third-order valence-electron chi connectivity index (χ3n) is 2.41. The second kappa shape index (κ2) is 8.66. The van der Waals surface area contributed by atoms with Crippen molar-refractivity contribution in [3.63, 3.8) is 0 Å². The first-order valence-corrected chi connectivity index (χ1v) is 6.20. The van der Waals surface area contributed by atoms with Crippen LogP contribution in [-0.2, 0) is 4.74 Å². The lowest BCUT2D eigenvalue weighted by Gasteiger charge is -2.12. The number of carbonyl (C=O) groups is 1. The first kappa shape index (κ1) is 14.7. The summed E-state index contributed by atoms with van der Waals surface area (Å²) in [5.41, 5.74) is 0.603. The molecule has 1 N–H and O–H groups in total. The first-order chi connectivity index (χ1) is 8.76. The maximum absolute atomic E-state index is 10.5. The number of aliphatic hydroxyl groups excluding tert-OH is 1. The molecule has 0 saturated carbocycles. The summed E-state index contributed by atoms with van der Waals surface area (Å²) in [6.07, 6.45) is 2.23. The third kappa shape index (κ3) is 5.80. The molecule has 0 radical (unpaired) electrons. The van der Waals surface area contributed by atoms with Crippen LogP contribution in [0, 0.1) is 0 Å². The van der Waals surface area contributed by atoms with E-state index in [1.165, 1.54) is 0 Å². The molecule has 1 rings (SSSR count). The smallest absolute Gasteiger partial charge is 0.150 e. The second-order valence-electron chi connectivity index (χ2n) is 4.08. The van der Waals surface area contributed by atoms with Gasteiger partial charge in [-0.3, -0.25) is 4.79 Å².